The fourth-order valence-electron chi connectivity index (χ4n) is 2.19. The lowest BCUT2D eigenvalue weighted by molar-refractivity contribution is 0.262. The van der Waals surface area contributed by atoms with Crippen molar-refractivity contribution in [1.29, 1.82) is 0 Å². The maximum atomic E-state index is 12.1. The summed E-state index contributed by atoms with van der Waals surface area (Å²) in [4.78, 5) is 13.3. The molecular weight excluding hydrogens is 292 g/mol. The van der Waals surface area contributed by atoms with E-state index >= 15 is 0 Å². The lowest BCUT2D eigenvalue weighted by Crippen LogP contribution is -2.19. The third kappa shape index (κ3) is 3.35. The molecule has 3 nitrogen and oxygen atoms in total. The van der Waals surface area contributed by atoms with Gasteiger partial charge in [0.1, 0.15) is 0 Å². The zero-order valence-corrected chi connectivity index (χ0v) is 13.0. The molecule has 2 N–H and O–H groups in total. The molecule has 4 heteroatoms. The van der Waals surface area contributed by atoms with Gasteiger partial charge in [0.25, 0.3) is 0 Å². The van der Waals surface area contributed by atoms with Gasteiger partial charge in [-0.05, 0) is 47.7 Å². The summed E-state index contributed by atoms with van der Waals surface area (Å²) >= 11 is 1.68. The Morgan fingerprint density at radius 2 is 1.82 bits per heavy atom. The highest BCUT2D eigenvalue weighted by Gasteiger charge is 2.06. The third-order valence-corrected chi connectivity index (χ3v) is 4.24. The minimum atomic E-state index is -0.238. The fourth-order valence-corrected chi connectivity index (χ4v) is 2.91. The largest absolute Gasteiger partial charge is 0.323 e. The van der Waals surface area contributed by atoms with Crippen molar-refractivity contribution in [2.75, 3.05) is 10.6 Å². The minimum absolute atomic E-state index is 0.238. The third-order valence-electron chi connectivity index (χ3n) is 3.32. The van der Waals surface area contributed by atoms with Crippen molar-refractivity contribution in [3.63, 3.8) is 0 Å². The van der Waals surface area contributed by atoms with E-state index in [9.17, 15) is 4.79 Å². The summed E-state index contributed by atoms with van der Waals surface area (Å²) in [5.41, 5.74) is 3.72. The van der Waals surface area contributed by atoms with Gasteiger partial charge in [-0.3, -0.25) is 0 Å². The van der Waals surface area contributed by atoms with Crippen molar-refractivity contribution in [2.24, 2.45) is 0 Å². The Bertz CT molecular complexity index is 781. The van der Waals surface area contributed by atoms with Crippen molar-refractivity contribution in [2.45, 2.75) is 6.92 Å². The number of thiophene rings is 1. The van der Waals surface area contributed by atoms with Gasteiger partial charge in [-0.1, -0.05) is 36.4 Å². The highest BCUT2D eigenvalue weighted by Crippen LogP contribution is 2.26. The second kappa shape index (κ2) is 6.45. The molecule has 0 saturated carbocycles. The predicted octanol–water partition coefficient (Wildman–Crippen LogP) is 5.37. The molecule has 0 spiro atoms. The summed E-state index contributed by atoms with van der Waals surface area (Å²) < 4.78 is 0. The molecule has 3 rings (SSSR count). The van der Waals surface area contributed by atoms with Crippen LogP contribution >= 0.6 is 11.3 Å². The lowest BCUT2D eigenvalue weighted by atomic mass is 10.1. The summed E-state index contributed by atoms with van der Waals surface area (Å²) in [7, 11) is 0. The van der Waals surface area contributed by atoms with Gasteiger partial charge in [0.15, 0.2) is 0 Å². The first kappa shape index (κ1) is 14.4. The van der Waals surface area contributed by atoms with Crippen LogP contribution in [0.4, 0.5) is 16.2 Å². The summed E-state index contributed by atoms with van der Waals surface area (Å²) in [6.45, 7) is 1.97. The topological polar surface area (TPSA) is 41.1 Å². The summed E-state index contributed by atoms with van der Waals surface area (Å²) in [6.07, 6.45) is 0. The van der Waals surface area contributed by atoms with E-state index < -0.39 is 0 Å². The predicted molar refractivity (Wildman–Crippen MR) is 93.6 cm³/mol. The second-order valence-corrected chi connectivity index (χ2v) is 5.90. The molecule has 0 saturated heterocycles. The Morgan fingerprint density at radius 3 is 2.59 bits per heavy atom. The van der Waals surface area contributed by atoms with Gasteiger partial charge in [-0.15, -0.1) is 11.3 Å². The number of urea groups is 1. The quantitative estimate of drug-likeness (QED) is 0.671. The van der Waals surface area contributed by atoms with Gasteiger partial charge in [-0.25, -0.2) is 4.79 Å². The van der Waals surface area contributed by atoms with Crippen LogP contribution in [0.15, 0.2) is 66.0 Å². The van der Waals surface area contributed by atoms with Crippen LogP contribution in [0.1, 0.15) is 5.56 Å². The van der Waals surface area contributed by atoms with Crippen LogP contribution in [0, 0.1) is 6.92 Å². The van der Waals surface area contributed by atoms with Crippen LogP contribution in [-0.2, 0) is 0 Å². The van der Waals surface area contributed by atoms with Crippen LogP contribution in [0.25, 0.3) is 10.4 Å². The number of nitrogens with one attached hydrogen (secondary N) is 2. The Hall–Kier alpha value is -2.59. The average Bonchev–Trinajstić information content (AvgIpc) is 3.04. The molecule has 0 fully saturated rings. The molecule has 2 amide bonds. The minimum Gasteiger partial charge on any atom is -0.308 e. The highest BCUT2D eigenvalue weighted by molar-refractivity contribution is 7.13. The summed E-state index contributed by atoms with van der Waals surface area (Å²) in [5.74, 6) is 0. The Morgan fingerprint density at radius 1 is 0.955 bits per heavy atom. The normalized spacial score (nSPS) is 10.2. The van der Waals surface area contributed by atoms with E-state index in [0.717, 1.165) is 22.5 Å². The number of benzene rings is 2. The number of carbonyl (C=O) groups excluding carboxylic acids is 1. The second-order valence-electron chi connectivity index (χ2n) is 4.95. The SMILES string of the molecule is Cc1ccccc1NC(=O)Nc1cccc(-c2cccs2)c1. The first-order valence-electron chi connectivity index (χ1n) is 7.00. The lowest BCUT2D eigenvalue weighted by Gasteiger charge is -2.10. The van der Waals surface area contributed by atoms with Crippen LogP contribution in [0.2, 0.25) is 0 Å². The number of anilines is 2. The van der Waals surface area contributed by atoms with Gasteiger partial charge in [0.05, 0.1) is 0 Å². The van der Waals surface area contributed by atoms with E-state index in [1.54, 1.807) is 11.3 Å². The number of hydrogen-bond acceptors (Lipinski definition) is 2. The van der Waals surface area contributed by atoms with Crippen LogP contribution in [0.5, 0.6) is 0 Å². The first-order valence-corrected chi connectivity index (χ1v) is 7.88. The van der Waals surface area contributed by atoms with E-state index in [2.05, 4.69) is 16.7 Å². The van der Waals surface area contributed by atoms with Gasteiger partial charge < -0.3 is 10.6 Å². The zero-order valence-electron chi connectivity index (χ0n) is 12.2. The number of aryl methyl sites for hydroxylation is 1. The fraction of sp³-hybridized carbons (Fsp3) is 0.0556. The molecule has 2 aromatic carbocycles. The van der Waals surface area contributed by atoms with Crippen molar-refractivity contribution in [1.82, 2.24) is 0 Å². The van der Waals surface area contributed by atoms with Crippen molar-refractivity contribution >= 4 is 28.7 Å². The van der Waals surface area contributed by atoms with Gasteiger partial charge in [0.2, 0.25) is 0 Å². The molecule has 0 atom stereocenters. The Labute approximate surface area is 133 Å². The van der Waals surface area contributed by atoms with Crippen LogP contribution in [-0.4, -0.2) is 6.03 Å². The Kier molecular flexibility index (Phi) is 4.21. The van der Waals surface area contributed by atoms with Crippen LogP contribution < -0.4 is 10.6 Å². The maximum absolute atomic E-state index is 12.1. The number of amides is 2. The number of carbonyl (C=O) groups is 1. The smallest absolute Gasteiger partial charge is 0.308 e. The molecule has 0 bridgehead atoms. The first-order chi connectivity index (χ1) is 10.7. The summed E-state index contributed by atoms with van der Waals surface area (Å²) in [6, 6.07) is 19.4. The monoisotopic (exact) mass is 308 g/mol. The van der Waals surface area contributed by atoms with Crippen molar-refractivity contribution in [3.05, 3.63) is 71.6 Å². The molecule has 22 heavy (non-hydrogen) atoms. The Balaban J connectivity index is 1.72. The standard InChI is InChI=1S/C18H16N2OS/c1-13-6-2-3-9-16(13)20-18(21)19-15-8-4-7-14(12-15)17-10-5-11-22-17/h2-12H,1H3,(H2,19,20,21). The molecule has 0 aliphatic rings. The number of hydrogen-bond donors (Lipinski definition) is 2. The highest BCUT2D eigenvalue weighted by atomic mass is 32.1. The molecule has 1 aromatic heterocycles. The van der Waals surface area contributed by atoms with E-state index in [4.69, 9.17) is 0 Å². The van der Waals surface area contributed by atoms with Gasteiger partial charge in [-0.2, -0.15) is 0 Å². The van der Waals surface area contributed by atoms with Crippen LogP contribution in [0.3, 0.4) is 0 Å². The van der Waals surface area contributed by atoms with Crippen molar-refractivity contribution < 1.29 is 4.79 Å². The zero-order chi connectivity index (χ0) is 15.4. The molecular formula is C18H16N2OS. The van der Waals surface area contributed by atoms with Gasteiger partial charge in [0, 0.05) is 16.3 Å². The summed E-state index contributed by atoms with van der Waals surface area (Å²) in [5, 5.41) is 7.78. The molecule has 0 radical (unpaired) electrons. The van der Waals surface area contributed by atoms with E-state index in [0.29, 0.717) is 0 Å². The van der Waals surface area contributed by atoms with E-state index in [1.807, 2.05) is 66.9 Å². The molecule has 0 aliphatic carbocycles. The molecule has 1 heterocycles. The van der Waals surface area contributed by atoms with Gasteiger partial charge >= 0.3 is 6.03 Å². The molecule has 110 valence electrons. The van der Waals surface area contributed by atoms with Crippen molar-refractivity contribution in [3.8, 4) is 10.4 Å². The maximum Gasteiger partial charge on any atom is 0.323 e. The molecule has 0 aliphatic heterocycles. The van der Waals surface area contributed by atoms with E-state index in [-0.39, 0.29) is 6.03 Å². The number of rotatable bonds is 3. The number of para-hydroxylation sites is 1. The average molecular weight is 308 g/mol. The van der Waals surface area contributed by atoms with E-state index in [1.165, 1.54) is 4.88 Å². The molecule has 0 unspecified atom stereocenters. The molecule has 3 aromatic rings.